The minimum Gasteiger partial charge on any atom is -1.00 e. The third kappa shape index (κ3) is 481. The van der Waals surface area contributed by atoms with Crippen molar-refractivity contribution in [1.82, 2.24) is 0 Å². The number of hydrogen-bond donors (Lipinski definition) is 0. The standard InChI is InChI=1S/3ClH.7H2O.Sc/h3*1H;7*1H2;/q;;;;;;;;;;+3/p+4. The molecule has 0 heterocycles. The van der Waals surface area contributed by atoms with Crippen LogP contribution in [0.4, 0.5) is 0 Å². The van der Waals surface area contributed by atoms with E-state index in [4.69, 9.17) is 0 Å². The van der Waals surface area contributed by atoms with Crippen molar-refractivity contribution in [2.75, 3.05) is 0 Å². The largest absolute Gasteiger partial charge is 3.00 e. The van der Waals surface area contributed by atoms with Gasteiger partial charge < -0.3 is 75.6 Å². The summed E-state index contributed by atoms with van der Waals surface area (Å²) in [6.45, 7) is 0. The maximum Gasteiger partial charge on any atom is 3.00 e. The topological polar surface area (TPSA) is 231 Å². The first-order valence-corrected chi connectivity index (χ1v) is 0. The summed E-state index contributed by atoms with van der Waals surface area (Å²) in [5, 5.41) is 0. The summed E-state index contributed by atoms with van der Waals surface area (Å²) in [4.78, 5) is 0. The molecule has 0 aromatic heterocycles. The minimum atomic E-state index is 0. The molecule has 0 aromatic rings. The van der Waals surface area contributed by atoms with Gasteiger partial charge in [-0.25, -0.2) is 0 Å². The quantitative estimate of drug-likeness (QED) is 0.377. The van der Waals surface area contributed by atoms with Gasteiger partial charge in [0.1, 0.15) is 0 Å². The molecule has 21 N–H and O–H groups in total. The predicted molar refractivity (Wildman–Crippen MR) is 34.1 cm³/mol. The van der Waals surface area contributed by atoms with Crippen LogP contribution in [0.5, 0.6) is 0 Å². The first-order chi connectivity index (χ1) is 0. The molecule has 0 aromatic carbocycles. The summed E-state index contributed by atoms with van der Waals surface area (Å²) in [7, 11) is 0. The van der Waals surface area contributed by atoms with Crippen LogP contribution in [-0.4, -0.2) is 0 Å². The average Bonchev–Trinajstić information content (AvgIpc) is 0. The summed E-state index contributed by atoms with van der Waals surface area (Å²) in [6, 6.07) is 0. The third-order valence-corrected chi connectivity index (χ3v) is 0. The van der Waals surface area contributed by atoms with Gasteiger partial charge >= 0.3 is 25.8 Å². The molecule has 0 radical (unpaired) electrons. The van der Waals surface area contributed by atoms with Crippen LogP contribution in [0.2, 0.25) is 0 Å². The molecule has 0 rings (SSSR count). The molecule has 0 aliphatic carbocycles. The molecule has 11 heavy (non-hydrogen) atoms. The van der Waals surface area contributed by atoms with Crippen LogP contribution in [0.1, 0.15) is 0 Å². The Bertz CT molecular complexity index is 13.6. The Morgan fingerprint density at radius 2 is 0.273 bits per heavy atom. The maximum atomic E-state index is 0. The van der Waals surface area contributed by atoms with Crippen molar-refractivity contribution in [3.63, 3.8) is 0 Å². The van der Waals surface area contributed by atoms with Crippen LogP contribution < -0.4 is 37.2 Å². The van der Waals surface area contributed by atoms with Crippen molar-refractivity contribution in [3.8, 4) is 0 Å². The molecule has 0 saturated carbocycles. The Hall–Kier alpha value is 1.46. The van der Waals surface area contributed by atoms with Crippen molar-refractivity contribution in [1.29, 1.82) is 0 Å². The molecule has 0 atom stereocenters. The fourth-order valence-corrected chi connectivity index (χ4v) is 0. The molecule has 0 saturated heterocycles. The fraction of sp³-hybridized carbons (Fsp3) is 0. The summed E-state index contributed by atoms with van der Waals surface area (Å²) < 4.78 is 0. The van der Waals surface area contributed by atoms with Crippen molar-refractivity contribution in [2.24, 2.45) is 0 Å². The molecule has 0 aliphatic heterocycles. The molecule has 0 unspecified atom stereocenters. The van der Waals surface area contributed by atoms with Gasteiger partial charge in [0, 0.05) is 0 Å². The van der Waals surface area contributed by atoms with Gasteiger partial charge in [-0.3, -0.25) is 0 Å². The molecule has 11 heteroatoms. The van der Waals surface area contributed by atoms with Crippen molar-refractivity contribution < 1.29 is 101 Å². The van der Waals surface area contributed by atoms with Crippen LogP contribution in [-0.2, 0) is 64.2 Å². The van der Waals surface area contributed by atoms with Crippen molar-refractivity contribution in [2.45, 2.75) is 0 Å². The van der Waals surface area contributed by atoms with Gasteiger partial charge in [0.25, 0.3) is 0 Å². The number of halogens is 3. The zero-order valence-electron chi connectivity index (χ0n) is 5.75. The SMILES string of the molecule is [Cl-].[Cl-].[Cl-].[OH3+].[OH3+].[OH3+].[OH3+].[OH3+].[OH3+].[OH3+].[Sc+3]. The van der Waals surface area contributed by atoms with Gasteiger partial charge in [-0.1, -0.05) is 0 Å². The molecule has 0 fully saturated rings. The molecular weight excluding hydrogens is 263 g/mol. The predicted octanol–water partition coefficient (Wildman–Crippen LogP) is -15.4. The van der Waals surface area contributed by atoms with Crippen molar-refractivity contribution in [3.05, 3.63) is 0 Å². The van der Waals surface area contributed by atoms with E-state index in [9.17, 15) is 0 Å². The van der Waals surface area contributed by atoms with Crippen LogP contribution in [0, 0.1) is 0 Å². The van der Waals surface area contributed by atoms with E-state index in [1.165, 1.54) is 0 Å². The summed E-state index contributed by atoms with van der Waals surface area (Å²) in [6.07, 6.45) is 0. The van der Waals surface area contributed by atoms with Crippen LogP contribution in [0.3, 0.4) is 0 Å². The Balaban J connectivity index is 0. The van der Waals surface area contributed by atoms with Crippen molar-refractivity contribution >= 4 is 0 Å². The van der Waals surface area contributed by atoms with Gasteiger partial charge in [0.2, 0.25) is 0 Å². The van der Waals surface area contributed by atoms with E-state index in [-0.39, 0.29) is 101 Å². The maximum absolute atomic E-state index is 0. The monoisotopic (exact) mass is 283 g/mol. The van der Waals surface area contributed by atoms with E-state index in [0.717, 1.165) is 0 Å². The van der Waals surface area contributed by atoms with Gasteiger partial charge in [-0.2, -0.15) is 0 Å². The van der Waals surface area contributed by atoms with Crippen LogP contribution in [0.15, 0.2) is 0 Å². The van der Waals surface area contributed by atoms with E-state index in [0.29, 0.717) is 0 Å². The van der Waals surface area contributed by atoms with Gasteiger partial charge in [-0.15, -0.1) is 0 Å². The molecule has 0 spiro atoms. The Labute approximate surface area is 101 Å². The van der Waals surface area contributed by atoms with Gasteiger partial charge in [-0.05, 0) is 0 Å². The summed E-state index contributed by atoms with van der Waals surface area (Å²) in [5.74, 6) is 0. The molecule has 0 aliphatic rings. The summed E-state index contributed by atoms with van der Waals surface area (Å²) >= 11 is 0. The minimum absolute atomic E-state index is 0. The second kappa shape index (κ2) is 588. The smallest absolute Gasteiger partial charge is 1.00 e. The van der Waals surface area contributed by atoms with Gasteiger partial charge in [0.05, 0.1) is 0 Å². The second-order valence-electron chi connectivity index (χ2n) is 0. The first-order valence-electron chi connectivity index (χ1n) is 0. The number of hydrogen-bond acceptors (Lipinski definition) is 0. The molecule has 0 bridgehead atoms. The van der Waals surface area contributed by atoms with E-state index >= 15 is 0 Å². The average molecular weight is 284 g/mol. The van der Waals surface area contributed by atoms with Crippen LogP contribution in [0.25, 0.3) is 0 Å². The molecular formula is H21Cl3O7Sc+7. The third-order valence-electron chi connectivity index (χ3n) is 0. The zero-order chi connectivity index (χ0) is 0. The van der Waals surface area contributed by atoms with E-state index in [2.05, 4.69) is 0 Å². The first kappa shape index (κ1) is 768. The Kier molecular flexibility index (Phi) is 41000. The summed E-state index contributed by atoms with van der Waals surface area (Å²) in [5.41, 5.74) is 0. The molecule has 0 amide bonds. The van der Waals surface area contributed by atoms with E-state index in [1.807, 2.05) is 0 Å². The van der Waals surface area contributed by atoms with Gasteiger partial charge in [0.15, 0.2) is 0 Å². The molecule has 80 valence electrons. The second-order valence-corrected chi connectivity index (χ2v) is 0. The Morgan fingerprint density at radius 1 is 0.273 bits per heavy atom. The number of rotatable bonds is 0. The van der Waals surface area contributed by atoms with Crippen LogP contribution >= 0.6 is 0 Å². The molecule has 7 nitrogen and oxygen atoms in total. The van der Waals surface area contributed by atoms with E-state index < -0.39 is 0 Å². The Morgan fingerprint density at radius 3 is 0.273 bits per heavy atom. The normalized spacial score (nSPS) is 0. The van der Waals surface area contributed by atoms with E-state index in [1.54, 1.807) is 0 Å². The fourth-order valence-electron chi connectivity index (χ4n) is 0. The zero-order valence-corrected chi connectivity index (χ0v) is 9.82.